The van der Waals surface area contributed by atoms with Crippen LogP contribution in [0.5, 0.6) is 0 Å². The molecule has 1 aliphatic heterocycles. The van der Waals surface area contributed by atoms with Gasteiger partial charge in [0.15, 0.2) is 0 Å². The summed E-state index contributed by atoms with van der Waals surface area (Å²) in [5.41, 5.74) is 1.19. The van der Waals surface area contributed by atoms with Crippen molar-refractivity contribution in [3.63, 3.8) is 0 Å². The zero-order valence-corrected chi connectivity index (χ0v) is 17.6. The van der Waals surface area contributed by atoms with Crippen LogP contribution in [-0.4, -0.2) is 18.4 Å². The van der Waals surface area contributed by atoms with E-state index in [0.29, 0.717) is 24.2 Å². The van der Waals surface area contributed by atoms with Crippen molar-refractivity contribution in [3.05, 3.63) is 90.0 Å². The van der Waals surface area contributed by atoms with E-state index in [2.05, 4.69) is 10.6 Å². The van der Waals surface area contributed by atoms with Gasteiger partial charge >= 0.3 is 6.18 Å². The molecule has 5 nitrogen and oxygen atoms in total. The summed E-state index contributed by atoms with van der Waals surface area (Å²) < 4.78 is 39.2. The molecule has 0 bridgehead atoms. The SMILES string of the molecule is O=C(Nc1cccc(C(F)(F)F)c1)C(Nc1cccc(N2CCCC2=O)c1)c1ccccc1. The van der Waals surface area contributed by atoms with E-state index in [0.717, 1.165) is 24.2 Å². The van der Waals surface area contributed by atoms with Crippen molar-refractivity contribution in [1.82, 2.24) is 0 Å². The van der Waals surface area contributed by atoms with Crippen molar-refractivity contribution >= 4 is 28.9 Å². The molecular weight excluding hydrogens is 431 g/mol. The molecule has 0 spiro atoms. The van der Waals surface area contributed by atoms with Gasteiger partial charge in [0.25, 0.3) is 5.91 Å². The maximum absolute atomic E-state index is 13.2. The Bertz CT molecular complexity index is 1150. The molecule has 3 aromatic rings. The highest BCUT2D eigenvalue weighted by Crippen LogP contribution is 2.31. The number of carbonyl (C=O) groups excluding carboxylic acids is 2. The standard InChI is InChI=1S/C25H22F3N3O2/c26-25(27,28)18-9-4-10-19(15-18)30-24(33)23(17-7-2-1-3-8-17)29-20-11-5-12-21(16-20)31-14-6-13-22(31)32/h1-5,7-12,15-16,23,29H,6,13-14H2,(H,30,33). The highest BCUT2D eigenvalue weighted by Gasteiger charge is 2.31. The molecule has 1 aliphatic rings. The van der Waals surface area contributed by atoms with Gasteiger partial charge in [0.2, 0.25) is 5.91 Å². The van der Waals surface area contributed by atoms with Gasteiger partial charge in [-0.25, -0.2) is 0 Å². The first-order valence-corrected chi connectivity index (χ1v) is 10.5. The van der Waals surface area contributed by atoms with E-state index >= 15 is 0 Å². The molecule has 33 heavy (non-hydrogen) atoms. The maximum Gasteiger partial charge on any atom is 0.416 e. The molecule has 3 aromatic carbocycles. The fourth-order valence-corrected chi connectivity index (χ4v) is 3.78. The fraction of sp³-hybridized carbons (Fsp3) is 0.200. The molecule has 1 heterocycles. The summed E-state index contributed by atoms with van der Waals surface area (Å²) >= 11 is 0. The zero-order valence-electron chi connectivity index (χ0n) is 17.6. The lowest BCUT2D eigenvalue weighted by atomic mass is 10.1. The van der Waals surface area contributed by atoms with E-state index in [1.807, 2.05) is 12.1 Å². The Kier molecular flexibility index (Phi) is 6.35. The molecule has 0 saturated carbocycles. The second-order valence-electron chi connectivity index (χ2n) is 7.76. The summed E-state index contributed by atoms with van der Waals surface area (Å²) in [6, 6.07) is 19.7. The van der Waals surface area contributed by atoms with Gasteiger partial charge in [-0.15, -0.1) is 0 Å². The second kappa shape index (κ2) is 9.36. The van der Waals surface area contributed by atoms with Gasteiger partial charge in [-0.2, -0.15) is 13.2 Å². The number of carbonyl (C=O) groups is 2. The third-order valence-corrected chi connectivity index (χ3v) is 5.39. The molecule has 8 heteroatoms. The van der Waals surface area contributed by atoms with Crippen molar-refractivity contribution in [2.24, 2.45) is 0 Å². The minimum Gasteiger partial charge on any atom is -0.370 e. The maximum atomic E-state index is 13.2. The molecule has 1 unspecified atom stereocenters. The smallest absolute Gasteiger partial charge is 0.370 e. The summed E-state index contributed by atoms with van der Waals surface area (Å²) in [7, 11) is 0. The first-order chi connectivity index (χ1) is 15.8. The van der Waals surface area contributed by atoms with Crippen LogP contribution in [0.2, 0.25) is 0 Å². The number of hydrogen-bond acceptors (Lipinski definition) is 3. The van der Waals surface area contributed by atoms with E-state index in [1.54, 1.807) is 47.4 Å². The number of alkyl halides is 3. The molecule has 170 valence electrons. The van der Waals surface area contributed by atoms with Crippen LogP contribution in [0.15, 0.2) is 78.9 Å². The van der Waals surface area contributed by atoms with Crippen LogP contribution in [0.25, 0.3) is 0 Å². The van der Waals surface area contributed by atoms with Gasteiger partial charge in [0, 0.05) is 30.0 Å². The van der Waals surface area contributed by atoms with E-state index in [4.69, 9.17) is 0 Å². The van der Waals surface area contributed by atoms with Gasteiger partial charge in [-0.1, -0.05) is 42.5 Å². The van der Waals surface area contributed by atoms with E-state index < -0.39 is 23.7 Å². The van der Waals surface area contributed by atoms with Crippen molar-refractivity contribution < 1.29 is 22.8 Å². The molecule has 1 atom stereocenters. The average molecular weight is 453 g/mol. The van der Waals surface area contributed by atoms with Crippen LogP contribution >= 0.6 is 0 Å². The molecule has 0 radical (unpaired) electrons. The minimum atomic E-state index is -4.51. The van der Waals surface area contributed by atoms with Crippen LogP contribution in [0.1, 0.15) is 30.0 Å². The van der Waals surface area contributed by atoms with Gasteiger partial charge in [-0.05, 0) is 48.4 Å². The number of benzene rings is 3. The summed E-state index contributed by atoms with van der Waals surface area (Å²) in [6.45, 7) is 0.639. The molecular formula is C25H22F3N3O2. The topological polar surface area (TPSA) is 61.4 Å². The van der Waals surface area contributed by atoms with Gasteiger partial charge in [0.1, 0.15) is 6.04 Å². The predicted molar refractivity (Wildman–Crippen MR) is 121 cm³/mol. The van der Waals surface area contributed by atoms with Crippen LogP contribution < -0.4 is 15.5 Å². The van der Waals surface area contributed by atoms with Crippen molar-refractivity contribution in [3.8, 4) is 0 Å². The second-order valence-corrected chi connectivity index (χ2v) is 7.76. The lowest BCUT2D eigenvalue weighted by Crippen LogP contribution is -2.28. The van der Waals surface area contributed by atoms with E-state index in [9.17, 15) is 22.8 Å². The zero-order chi connectivity index (χ0) is 23.4. The number of hydrogen-bond donors (Lipinski definition) is 2. The summed E-state index contributed by atoms with van der Waals surface area (Å²) in [6.07, 6.45) is -3.21. The molecule has 1 saturated heterocycles. The highest BCUT2D eigenvalue weighted by atomic mass is 19.4. The van der Waals surface area contributed by atoms with E-state index in [-0.39, 0.29) is 11.6 Å². The van der Waals surface area contributed by atoms with Gasteiger partial charge in [-0.3, -0.25) is 9.59 Å². The largest absolute Gasteiger partial charge is 0.416 e. The number of nitrogens with one attached hydrogen (secondary N) is 2. The lowest BCUT2D eigenvalue weighted by Gasteiger charge is -2.22. The van der Waals surface area contributed by atoms with Crippen LogP contribution in [0, 0.1) is 0 Å². The Morgan fingerprint density at radius 1 is 0.909 bits per heavy atom. The Morgan fingerprint density at radius 2 is 1.64 bits per heavy atom. The molecule has 0 aliphatic carbocycles. The average Bonchev–Trinajstić information content (AvgIpc) is 3.24. The number of amides is 2. The molecule has 1 fully saturated rings. The molecule has 2 amide bonds. The summed E-state index contributed by atoms with van der Waals surface area (Å²) in [5.74, 6) is -0.461. The first kappa shape index (κ1) is 22.4. The first-order valence-electron chi connectivity index (χ1n) is 10.5. The molecule has 4 rings (SSSR count). The minimum absolute atomic E-state index is 0.0500. The number of rotatable bonds is 6. The lowest BCUT2D eigenvalue weighted by molar-refractivity contribution is -0.137. The van der Waals surface area contributed by atoms with Gasteiger partial charge < -0.3 is 15.5 Å². The summed E-state index contributed by atoms with van der Waals surface area (Å²) in [5, 5.41) is 5.75. The third kappa shape index (κ3) is 5.34. The van der Waals surface area contributed by atoms with E-state index in [1.165, 1.54) is 12.1 Å². The number of anilines is 3. The molecule has 0 aromatic heterocycles. The van der Waals surface area contributed by atoms with Gasteiger partial charge in [0.05, 0.1) is 5.56 Å². The summed E-state index contributed by atoms with van der Waals surface area (Å²) in [4.78, 5) is 27.0. The number of nitrogens with zero attached hydrogens (tertiary/aromatic N) is 1. The Morgan fingerprint density at radius 3 is 2.33 bits per heavy atom. The van der Waals surface area contributed by atoms with Crippen LogP contribution in [0.4, 0.5) is 30.2 Å². The number of halogens is 3. The highest BCUT2D eigenvalue weighted by molar-refractivity contribution is 5.98. The van der Waals surface area contributed by atoms with Crippen LogP contribution in [0.3, 0.4) is 0 Å². The predicted octanol–water partition coefficient (Wildman–Crippen LogP) is 5.62. The normalized spacial score (nSPS) is 14.8. The fourth-order valence-electron chi connectivity index (χ4n) is 3.78. The Balaban J connectivity index is 1.59. The van der Waals surface area contributed by atoms with Crippen LogP contribution in [-0.2, 0) is 15.8 Å². The molecule has 2 N–H and O–H groups in total. The monoisotopic (exact) mass is 453 g/mol. The Hall–Kier alpha value is -3.81. The van der Waals surface area contributed by atoms with Crippen molar-refractivity contribution in [2.45, 2.75) is 25.1 Å². The quantitative estimate of drug-likeness (QED) is 0.509. The third-order valence-electron chi connectivity index (χ3n) is 5.39. The Labute approximate surface area is 189 Å². The van der Waals surface area contributed by atoms with Crippen molar-refractivity contribution in [2.75, 3.05) is 22.1 Å². The van der Waals surface area contributed by atoms with Crippen molar-refractivity contribution in [1.29, 1.82) is 0 Å².